The Morgan fingerprint density at radius 3 is 1.62 bits per heavy atom. The summed E-state index contributed by atoms with van der Waals surface area (Å²) in [6.45, 7) is 24.0. The summed E-state index contributed by atoms with van der Waals surface area (Å²) in [5.41, 5.74) is -0.0848. The molecule has 348 valence electrons. The number of hydrogen-bond donors (Lipinski definition) is 4. The molecule has 60 heavy (non-hydrogen) atoms. The molecule has 2 saturated heterocycles. The van der Waals surface area contributed by atoms with Gasteiger partial charge in [-0.15, -0.1) is 0 Å². The number of ether oxygens (including phenoxy) is 6. The normalized spacial score (nSPS) is 28.3. The number of aliphatic hydroxyl groups excluding tert-OH is 4. The van der Waals surface area contributed by atoms with Crippen molar-refractivity contribution in [3.8, 4) is 0 Å². The summed E-state index contributed by atoms with van der Waals surface area (Å²) in [4.78, 5) is 29.3. The minimum Gasteiger partial charge on any atom is -0.444 e. The van der Waals surface area contributed by atoms with E-state index in [0.29, 0.717) is 19.7 Å². The molecule has 0 radical (unpaired) electrons. The largest absolute Gasteiger partial charge is 0.444 e. The molecule has 2 amide bonds. The molecule has 0 spiro atoms. The molecule has 14 nitrogen and oxygen atoms in total. The second kappa shape index (κ2) is 22.9. The number of amides is 2. The molecule has 0 aromatic carbocycles. The van der Waals surface area contributed by atoms with Gasteiger partial charge in [-0.3, -0.25) is 9.80 Å². The molecule has 0 aromatic heterocycles. The summed E-state index contributed by atoms with van der Waals surface area (Å²) in [5, 5.41) is 39.9. The number of aliphatic hydroxyl groups is 4. The second-order valence-corrected chi connectivity index (χ2v) is 19.7. The van der Waals surface area contributed by atoms with E-state index < -0.39 is 59.8 Å². The maximum atomic E-state index is 13.4. The number of rotatable bonds is 17. The van der Waals surface area contributed by atoms with Crippen molar-refractivity contribution < 1.29 is 58.4 Å². The van der Waals surface area contributed by atoms with Gasteiger partial charge in [0.25, 0.3) is 0 Å². The summed E-state index contributed by atoms with van der Waals surface area (Å²) >= 11 is 0. The van der Waals surface area contributed by atoms with Gasteiger partial charge in [0.1, 0.15) is 47.8 Å². The van der Waals surface area contributed by atoms with Crippen LogP contribution in [0.1, 0.15) is 160 Å². The molecule has 2 aliphatic carbocycles. The Balaban J connectivity index is 0.000000328. The fourth-order valence-corrected chi connectivity index (χ4v) is 8.01. The number of nitrogens with zero attached hydrogens (tertiary/aromatic N) is 2. The van der Waals surface area contributed by atoms with Crippen molar-refractivity contribution in [1.29, 1.82) is 0 Å². The van der Waals surface area contributed by atoms with Crippen LogP contribution in [0.5, 0.6) is 0 Å². The highest BCUT2D eigenvalue weighted by Crippen LogP contribution is 2.43. The standard InChI is InChI=1S/C26H45NO6.C20H37NO6/c1-9-10-11-12-13-14-15-27(23(28)33-24(2,3)4)19-16-18-17-29-25(5,6)30-20(18)22-21(19)31-26(7,8)32-22;1-5-6-7-8-9-10-11-21(19(26)27-20(2,3)4)15-12-14(13-22)16(23)18(25)17(15)24/h16,19-22H,9-15,17H2,1-8H3;12,15-18,22-25H,5-11,13H2,1-4H3/t19-,20+,21-,22?;15-,16+,17-,18?/m11/s1. The van der Waals surface area contributed by atoms with Crippen LogP contribution in [0.4, 0.5) is 9.59 Å². The zero-order valence-corrected chi connectivity index (χ0v) is 39.0. The van der Waals surface area contributed by atoms with Gasteiger partial charge < -0.3 is 48.8 Å². The van der Waals surface area contributed by atoms with E-state index in [4.69, 9.17) is 28.4 Å². The van der Waals surface area contributed by atoms with Gasteiger partial charge in [-0.25, -0.2) is 9.59 Å². The summed E-state index contributed by atoms with van der Waals surface area (Å²) in [7, 11) is 0. The summed E-state index contributed by atoms with van der Waals surface area (Å²) in [6, 6.07) is -1.17. The third-order valence-electron chi connectivity index (χ3n) is 11.0. The van der Waals surface area contributed by atoms with Gasteiger partial charge in [0.05, 0.1) is 25.3 Å². The third kappa shape index (κ3) is 15.8. The average molecular weight is 855 g/mol. The first-order chi connectivity index (χ1) is 27.9. The lowest BCUT2D eigenvalue weighted by atomic mass is 9.86. The van der Waals surface area contributed by atoms with Gasteiger partial charge >= 0.3 is 12.2 Å². The quantitative estimate of drug-likeness (QED) is 0.0837. The first-order valence-electron chi connectivity index (χ1n) is 22.7. The lowest BCUT2D eigenvalue weighted by Crippen LogP contribution is -2.59. The number of fused-ring (bicyclic) bond motifs is 3. The van der Waals surface area contributed by atoms with Crippen LogP contribution >= 0.6 is 0 Å². The number of carbonyl (C=O) groups excluding carboxylic acids is 2. The van der Waals surface area contributed by atoms with E-state index in [1.54, 1.807) is 20.8 Å². The van der Waals surface area contributed by atoms with E-state index in [0.717, 1.165) is 50.5 Å². The van der Waals surface area contributed by atoms with E-state index in [9.17, 15) is 30.0 Å². The first kappa shape index (κ1) is 52.0. The Morgan fingerprint density at radius 1 is 0.667 bits per heavy atom. The van der Waals surface area contributed by atoms with Gasteiger partial charge in [-0.1, -0.05) is 90.2 Å². The Labute approximate surface area is 360 Å². The molecule has 2 aliphatic heterocycles. The Hall–Kier alpha value is -2.30. The topological polar surface area (TPSA) is 177 Å². The SMILES string of the molecule is CCCCCCCCN(C(=O)OC(C)(C)C)[C@@H]1C=C(CO)[C@H](O)C(O)[C@@H]1O.CCCCCCCCN(C(=O)OC(C)(C)C)[C@@H]1C=C2COC(C)(C)O[C@@H]2C2OC(C)(C)O[C@@H]21. The molecule has 0 aromatic rings. The molecule has 4 rings (SSSR count). The van der Waals surface area contributed by atoms with Crippen LogP contribution in [0.25, 0.3) is 0 Å². The van der Waals surface area contributed by atoms with E-state index in [1.807, 2.05) is 53.4 Å². The number of unbranched alkanes of at least 4 members (excludes halogenated alkanes) is 10. The van der Waals surface area contributed by atoms with Crippen molar-refractivity contribution in [1.82, 2.24) is 9.80 Å². The monoisotopic (exact) mass is 855 g/mol. The summed E-state index contributed by atoms with van der Waals surface area (Å²) < 4.78 is 36.2. The maximum absolute atomic E-state index is 13.4. The van der Waals surface area contributed by atoms with Crippen molar-refractivity contribution in [2.45, 2.75) is 232 Å². The molecule has 0 bridgehead atoms. The van der Waals surface area contributed by atoms with Crippen LogP contribution in [0.3, 0.4) is 0 Å². The fraction of sp³-hybridized carbons (Fsp3) is 0.870. The highest BCUT2D eigenvalue weighted by Gasteiger charge is 2.56. The predicted octanol–water partition coefficient (Wildman–Crippen LogP) is 7.53. The van der Waals surface area contributed by atoms with E-state index in [2.05, 4.69) is 19.9 Å². The van der Waals surface area contributed by atoms with Crippen molar-refractivity contribution in [3.05, 3.63) is 23.3 Å². The zero-order valence-electron chi connectivity index (χ0n) is 39.0. The molecule has 14 heteroatoms. The number of carbonyl (C=O) groups is 2. The van der Waals surface area contributed by atoms with Crippen molar-refractivity contribution >= 4 is 12.2 Å². The van der Waals surface area contributed by atoms with Gasteiger partial charge in [0, 0.05) is 13.1 Å². The highest BCUT2D eigenvalue weighted by molar-refractivity contribution is 5.70. The highest BCUT2D eigenvalue weighted by atomic mass is 16.8. The van der Waals surface area contributed by atoms with Crippen LogP contribution in [0.2, 0.25) is 0 Å². The van der Waals surface area contributed by atoms with Crippen molar-refractivity contribution in [3.63, 3.8) is 0 Å². The molecular formula is C46H82N2O12. The molecule has 0 saturated carbocycles. The van der Waals surface area contributed by atoms with Crippen LogP contribution in [0.15, 0.2) is 23.3 Å². The van der Waals surface area contributed by atoms with Gasteiger partial charge in [0.15, 0.2) is 11.6 Å². The van der Waals surface area contributed by atoms with Crippen LogP contribution in [-0.4, -0.2) is 140 Å². The first-order valence-corrected chi connectivity index (χ1v) is 22.7. The zero-order chi connectivity index (χ0) is 45.1. The van der Waals surface area contributed by atoms with Crippen molar-refractivity contribution in [2.75, 3.05) is 26.3 Å². The summed E-state index contributed by atoms with van der Waals surface area (Å²) in [5.74, 6) is -1.46. The molecule has 4 aliphatic rings. The van der Waals surface area contributed by atoms with Crippen LogP contribution < -0.4 is 0 Å². The molecular weight excluding hydrogens is 773 g/mol. The van der Waals surface area contributed by atoms with Crippen molar-refractivity contribution in [2.24, 2.45) is 0 Å². The average Bonchev–Trinajstić information content (AvgIpc) is 3.47. The van der Waals surface area contributed by atoms with Gasteiger partial charge in [0.2, 0.25) is 0 Å². The van der Waals surface area contributed by atoms with E-state index in [1.165, 1.54) is 43.1 Å². The minimum atomic E-state index is -1.48. The minimum absolute atomic E-state index is 0.189. The van der Waals surface area contributed by atoms with E-state index >= 15 is 0 Å². The summed E-state index contributed by atoms with van der Waals surface area (Å²) in [6.07, 6.45) is 10.7. The lowest BCUT2D eigenvalue weighted by molar-refractivity contribution is -0.274. The molecule has 4 N–H and O–H groups in total. The Morgan fingerprint density at radius 2 is 1.13 bits per heavy atom. The molecule has 2 unspecified atom stereocenters. The molecule has 2 heterocycles. The van der Waals surface area contributed by atoms with E-state index in [-0.39, 0.29) is 36.0 Å². The predicted molar refractivity (Wildman–Crippen MR) is 230 cm³/mol. The van der Waals surface area contributed by atoms with Gasteiger partial charge in [-0.2, -0.15) is 0 Å². The lowest BCUT2D eigenvalue weighted by Gasteiger charge is -2.46. The fourth-order valence-electron chi connectivity index (χ4n) is 8.01. The Bertz CT molecular complexity index is 1400. The van der Waals surface area contributed by atoms with Crippen LogP contribution in [-0.2, 0) is 28.4 Å². The second-order valence-electron chi connectivity index (χ2n) is 19.7. The van der Waals surface area contributed by atoms with Gasteiger partial charge in [-0.05, 0) is 93.2 Å². The third-order valence-corrected chi connectivity index (χ3v) is 11.0. The maximum Gasteiger partial charge on any atom is 0.410 e. The molecule has 8 atom stereocenters. The number of hydrogen-bond acceptors (Lipinski definition) is 12. The Kier molecular flexibility index (Phi) is 19.8. The molecule has 2 fully saturated rings. The smallest absolute Gasteiger partial charge is 0.410 e. The van der Waals surface area contributed by atoms with Crippen LogP contribution in [0, 0.1) is 0 Å².